The number of rotatable bonds is 5. The molecule has 1 fully saturated rings. The Hall–Kier alpha value is -1.91. The molecule has 1 saturated carbocycles. The Balaban J connectivity index is 1.73. The normalized spacial score (nSPS) is 15.0. The van der Waals surface area contributed by atoms with Gasteiger partial charge in [-0.3, -0.25) is 9.59 Å². The smallest absolute Gasteiger partial charge is 0.306 e. The number of halogens is 1. The Morgan fingerprint density at radius 2 is 2.05 bits per heavy atom. The number of benzene rings is 1. The number of hydrogen-bond donors (Lipinski definition) is 1. The van der Waals surface area contributed by atoms with Crippen LogP contribution in [0.2, 0.25) is 0 Å². The highest BCUT2D eigenvalue weighted by atomic mass is 19.1. The maximum atomic E-state index is 13.3. The minimum Gasteiger partial charge on any atom is -0.456 e. The number of carbonyl (C=O) groups is 2. The summed E-state index contributed by atoms with van der Waals surface area (Å²) in [6.07, 6.45) is 4.83. The first-order valence-corrected chi connectivity index (χ1v) is 7.26. The molecule has 0 atom stereocenters. The number of anilines is 1. The summed E-state index contributed by atoms with van der Waals surface area (Å²) in [5.41, 5.74) is 0.867. The van der Waals surface area contributed by atoms with Crippen LogP contribution in [-0.2, 0) is 14.3 Å². The van der Waals surface area contributed by atoms with E-state index in [1.54, 1.807) is 19.1 Å². The minimum atomic E-state index is -0.460. The van der Waals surface area contributed by atoms with Crippen molar-refractivity contribution in [3.8, 4) is 0 Å². The van der Waals surface area contributed by atoms with E-state index in [0.717, 1.165) is 25.7 Å². The summed E-state index contributed by atoms with van der Waals surface area (Å²) in [5.74, 6) is -0.789. The highest BCUT2D eigenvalue weighted by Gasteiger charge is 2.19. The van der Waals surface area contributed by atoms with Gasteiger partial charge in [0.2, 0.25) is 0 Å². The first kappa shape index (κ1) is 15.5. The van der Waals surface area contributed by atoms with Crippen molar-refractivity contribution in [1.82, 2.24) is 0 Å². The van der Waals surface area contributed by atoms with Gasteiger partial charge < -0.3 is 10.1 Å². The summed E-state index contributed by atoms with van der Waals surface area (Å²) in [6.45, 7) is 1.31. The summed E-state index contributed by atoms with van der Waals surface area (Å²) in [4.78, 5) is 23.2. The Labute approximate surface area is 123 Å². The van der Waals surface area contributed by atoms with E-state index in [1.807, 2.05) is 0 Å². The zero-order valence-corrected chi connectivity index (χ0v) is 12.2. The number of carbonyl (C=O) groups excluding carboxylic acids is 2. The summed E-state index contributed by atoms with van der Waals surface area (Å²) in [6, 6.07) is 4.43. The van der Waals surface area contributed by atoms with Crippen molar-refractivity contribution in [2.45, 2.75) is 39.0 Å². The second-order valence-electron chi connectivity index (χ2n) is 5.53. The predicted octanol–water partition coefficient (Wildman–Crippen LogP) is 3.20. The molecule has 0 heterocycles. The second-order valence-corrected chi connectivity index (χ2v) is 5.53. The summed E-state index contributed by atoms with van der Waals surface area (Å²) in [7, 11) is 0. The average molecular weight is 293 g/mol. The van der Waals surface area contributed by atoms with Crippen molar-refractivity contribution >= 4 is 17.6 Å². The molecule has 114 valence electrons. The topological polar surface area (TPSA) is 55.4 Å². The van der Waals surface area contributed by atoms with Gasteiger partial charge in [-0.15, -0.1) is 0 Å². The SMILES string of the molecule is Cc1ccc(NC(=O)COC(=O)CC2CCCC2)cc1F. The maximum Gasteiger partial charge on any atom is 0.306 e. The van der Waals surface area contributed by atoms with E-state index < -0.39 is 5.91 Å². The molecule has 21 heavy (non-hydrogen) atoms. The van der Waals surface area contributed by atoms with E-state index in [9.17, 15) is 14.0 Å². The Morgan fingerprint density at radius 1 is 1.33 bits per heavy atom. The van der Waals surface area contributed by atoms with Crippen molar-refractivity contribution in [2.75, 3.05) is 11.9 Å². The quantitative estimate of drug-likeness (QED) is 0.848. The van der Waals surface area contributed by atoms with Gasteiger partial charge in [-0.2, -0.15) is 0 Å². The van der Waals surface area contributed by atoms with Crippen LogP contribution >= 0.6 is 0 Å². The monoisotopic (exact) mass is 293 g/mol. The van der Waals surface area contributed by atoms with Crippen LogP contribution in [0.5, 0.6) is 0 Å². The van der Waals surface area contributed by atoms with Crippen LogP contribution in [-0.4, -0.2) is 18.5 Å². The van der Waals surface area contributed by atoms with Crippen molar-refractivity contribution in [2.24, 2.45) is 5.92 Å². The molecule has 2 rings (SSSR count). The molecule has 1 amide bonds. The number of esters is 1. The fraction of sp³-hybridized carbons (Fsp3) is 0.500. The third-order valence-corrected chi connectivity index (χ3v) is 3.75. The van der Waals surface area contributed by atoms with Gasteiger partial charge in [-0.1, -0.05) is 18.9 Å². The Bertz CT molecular complexity index is 524. The lowest BCUT2D eigenvalue weighted by Crippen LogP contribution is -2.21. The van der Waals surface area contributed by atoms with Crippen LogP contribution in [0.15, 0.2) is 18.2 Å². The zero-order valence-electron chi connectivity index (χ0n) is 12.2. The molecule has 0 bridgehead atoms. The average Bonchev–Trinajstić information content (AvgIpc) is 2.93. The van der Waals surface area contributed by atoms with E-state index in [2.05, 4.69) is 5.32 Å². The van der Waals surface area contributed by atoms with Crippen LogP contribution < -0.4 is 5.32 Å². The standard InChI is InChI=1S/C16H20FNO3/c1-11-6-7-13(9-14(11)17)18-15(19)10-21-16(20)8-12-4-2-3-5-12/h6-7,9,12H,2-5,8,10H2,1H3,(H,18,19). The highest BCUT2D eigenvalue weighted by Crippen LogP contribution is 2.27. The molecule has 1 aromatic carbocycles. The molecule has 0 unspecified atom stereocenters. The van der Waals surface area contributed by atoms with Crippen molar-refractivity contribution in [3.05, 3.63) is 29.6 Å². The third kappa shape index (κ3) is 4.85. The van der Waals surface area contributed by atoms with Crippen LogP contribution in [0.4, 0.5) is 10.1 Å². The van der Waals surface area contributed by atoms with Crippen LogP contribution in [0.3, 0.4) is 0 Å². The van der Waals surface area contributed by atoms with Crippen molar-refractivity contribution in [1.29, 1.82) is 0 Å². The lowest BCUT2D eigenvalue weighted by atomic mass is 10.1. The van der Waals surface area contributed by atoms with Gasteiger partial charge in [-0.05, 0) is 43.4 Å². The molecule has 1 aliphatic rings. The second kappa shape index (κ2) is 7.20. The largest absolute Gasteiger partial charge is 0.456 e. The van der Waals surface area contributed by atoms with Crippen molar-refractivity contribution in [3.63, 3.8) is 0 Å². The maximum absolute atomic E-state index is 13.3. The number of amides is 1. The van der Waals surface area contributed by atoms with Crippen LogP contribution in [0.25, 0.3) is 0 Å². The van der Waals surface area contributed by atoms with E-state index >= 15 is 0 Å². The molecule has 1 aliphatic carbocycles. The van der Waals surface area contributed by atoms with Gasteiger partial charge in [0, 0.05) is 12.1 Å². The van der Waals surface area contributed by atoms with Gasteiger partial charge in [0.15, 0.2) is 6.61 Å². The van der Waals surface area contributed by atoms with E-state index in [-0.39, 0.29) is 18.4 Å². The summed E-state index contributed by atoms with van der Waals surface area (Å²) >= 11 is 0. The zero-order chi connectivity index (χ0) is 15.2. The number of ether oxygens (including phenoxy) is 1. The molecular weight excluding hydrogens is 273 g/mol. The molecule has 1 N–H and O–H groups in total. The fourth-order valence-corrected chi connectivity index (χ4v) is 2.52. The van der Waals surface area contributed by atoms with Crippen LogP contribution in [0.1, 0.15) is 37.7 Å². The lowest BCUT2D eigenvalue weighted by Gasteiger charge is -2.09. The first-order valence-electron chi connectivity index (χ1n) is 7.26. The molecule has 0 aromatic heterocycles. The van der Waals surface area contributed by atoms with Gasteiger partial charge in [0.05, 0.1) is 0 Å². The van der Waals surface area contributed by atoms with E-state index in [1.165, 1.54) is 6.07 Å². The molecule has 0 saturated heterocycles. The molecule has 5 heteroatoms. The lowest BCUT2D eigenvalue weighted by molar-refractivity contribution is -0.148. The van der Waals surface area contributed by atoms with Gasteiger partial charge in [-0.25, -0.2) is 4.39 Å². The molecule has 0 radical (unpaired) electrons. The van der Waals surface area contributed by atoms with Crippen LogP contribution in [0, 0.1) is 18.7 Å². The van der Waals surface area contributed by atoms with Gasteiger partial charge >= 0.3 is 5.97 Å². The van der Waals surface area contributed by atoms with E-state index in [0.29, 0.717) is 23.6 Å². The molecule has 0 aliphatic heterocycles. The Kier molecular flexibility index (Phi) is 5.31. The van der Waals surface area contributed by atoms with Crippen molar-refractivity contribution < 1.29 is 18.7 Å². The summed E-state index contributed by atoms with van der Waals surface area (Å²) < 4.78 is 18.3. The molecule has 4 nitrogen and oxygen atoms in total. The molecule has 0 spiro atoms. The highest BCUT2D eigenvalue weighted by molar-refractivity contribution is 5.92. The first-order chi connectivity index (χ1) is 10.0. The van der Waals surface area contributed by atoms with E-state index in [4.69, 9.17) is 4.74 Å². The number of hydrogen-bond acceptors (Lipinski definition) is 3. The molecular formula is C16H20FNO3. The Morgan fingerprint density at radius 3 is 2.71 bits per heavy atom. The third-order valence-electron chi connectivity index (χ3n) is 3.75. The molecule has 1 aromatic rings. The fourth-order valence-electron chi connectivity index (χ4n) is 2.52. The number of nitrogens with one attached hydrogen (secondary N) is 1. The summed E-state index contributed by atoms with van der Waals surface area (Å²) in [5, 5.41) is 2.50. The van der Waals surface area contributed by atoms with Gasteiger partial charge in [0.1, 0.15) is 5.82 Å². The minimum absolute atomic E-state index is 0.332. The number of aryl methyl sites for hydroxylation is 1. The predicted molar refractivity (Wildman–Crippen MR) is 77.3 cm³/mol. The van der Waals surface area contributed by atoms with Gasteiger partial charge in [0.25, 0.3) is 5.91 Å².